The van der Waals surface area contributed by atoms with Gasteiger partial charge in [0, 0.05) is 12.1 Å². The van der Waals surface area contributed by atoms with Gasteiger partial charge >= 0.3 is 0 Å². The predicted octanol–water partition coefficient (Wildman–Crippen LogP) is 2.64. The predicted molar refractivity (Wildman–Crippen MR) is 67.3 cm³/mol. The molecule has 0 aromatic carbocycles. The van der Waals surface area contributed by atoms with E-state index in [0.717, 1.165) is 18.6 Å². The molecule has 2 unspecified atom stereocenters. The summed E-state index contributed by atoms with van der Waals surface area (Å²) in [6.07, 6.45) is 8.44. The SMILES string of the molecule is CCNC1CCCCCCC1N(C)CC. The molecule has 2 heteroatoms. The first kappa shape index (κ1) is 13.0. The van der Waals surface area contributed by atoms with Crippen molar-refractivity contribution in [3.05, 3.63) is 0 Å². The van der Waals surface area contributed by atoms with E-state index >= 15 is 0 Å². The Bertz CT molecular complexity index is 159. The zero-order valence-corrected chi connectivity index (χ0v) is 10.8. The van der Waals surface area contributed by atoms with E-state index in [1.165, 1.54) is 45.1 Å². The molecule has 0 heterocycles. The molecule has 1 aliphatic rings. The lowest BCUT2D eigenvalue weighted by molar-refractivity contribution is 0.170. The van der Waals surface area contributed by atoms with Gasteiger partial charge in [-0.2, -0.15) is 0 Å². The maximum absolute atomic E-state index is 3.68. The third-order valence-corrected chi connectivity index (χ3v) is 3.76. The van der Waals surface area contributed by atoms with Crippen molar-refractivity contribution in [2.75, 3.05) is 20.1 Å². The Hall–Kier alpha value is -0.0800. The number of rotatable bonds is 4. The van der Waals surface area contributed by atoms with Crippen LogP contribution in [0.15, 0.2) is 0 Å². The van der Waals surface area contributed by atoms with E-state index in [1.54, 1.807) is 0 Å². The van der Waals surface area contributed by atoms with E-state index in [9.17, 15) is 0 Å². The van der Waals surface area contributed by atoms with Crippen molar-refractivity contribution in [3.8, 4) is 0 Å². The summed E-state index contributed by atoms with van der Waals surface area (Å²) in [4.78, 5) is 2.53. The first-order chi connectivity index (χ1) is 7.29. The third kappa shape index (κ3) is 4.12. The summed E-state index contributed by atoms with van der Waals surface area (Å²) in [6.45, 7) is 6.77. The molecule has 15 heavy (non-hydrogen) atoms. The van der Waals surface area contributed by atoms with Crippen LogP contribution in [0, 0.1) is 0 Å². The quantitative estimate of drug-likeness (QED) is 0.770. The summed E-state index contributed by atoms with van der Waals surface area (Å²) >= 11 is 0. The van der Waals surface area contributed by atoms with Gasteiger partial charge in [0.2, 0.25) is 0 Å². The molecule has 2 atom stereocenters. The van der Waals surface area contributed by atoms with Gasteiger partial charge in [0.25, 0.3) is 0 Å². The van der Waals surface area contributed by atoms with Crippen molar-refractivity contribution in [1.29, 1.82) is 0 Å². The summed E-state index contributed by atoms with van der Waals surface area (Å²) in [5, 5.41) is 3.68. The summed E-state index contributed by atoms with van der Waals surface area (Å²) in [5.74, 6) is 0. The van der Waals surface area contributed by atoms with Crippen LogP contribution in [0.5, 0.6) is 0 Å². The highest BCUT2D eigenvalue weighted by Gasteiger charge is 2.24. The van der Waals surface area contributed by atoms with E-state index in [0.29, 0.717) is 0 Å². The van der Waals surface area contributed by atoms with Gasteiger partial charge in [0.05, 0.1) is 0 Å². The van der Waals surface area contributed by atoms with Crippen LogP contribution in [0.2, 0.25) is 0 Å². The van der Waals surface area contributed by atoms with Gasteiger partial charge in [-0.3, -0.25) is 0 Å². The maximum Gasteiger partial charge on any atom is 0.0246 e. The lowest BCUT2D eigenvalue weighted by Crippen LogP contribution is -2.49. The van der Waals surface area contributed by atoms with Gasteiger partial charge < -0.3 is 10.2 Å². The van der Waals surface area contributed by atoms with Crippen molar-refractivity contribution >= 4 is 0 Å². The van der Waals surface area contributed by atoms with E-state index in [1.807, 2.05) is 0 Å². The molecule has 0 bridgehead atoms. The van der Waals surface area contributed by atoms with Gasteiger partial charge in [-0.1, -0.05) is 39.5 Å². The molecule has 2 nitrogen and oxygen atoms in total. The Morgan fingerprint density at radius 2 is 1.73 bits per heavy atom. The average Bonchev–Trinajstić information content (AvgIpc) is 2.22. The third-order valence-electron chi connectivity index (χ3n) is 3.76. The first-order valence-corrected chi connectivity index (χ1v) is 6.73. The largest absolute Gasteiger partial charge is 0.313 e. The van der Waals surface area contributed by atoms with Crippen LogP contribution in [0.1, 0.15) is 52.4 Å². The topological polar surface area (TPSA) is 15.3 Å². The molecule has 0 saturated heterocycles. The average molecular weight is 212 g/mol. The highest BCUT2D eigenvalue weighted by molar-refractivity contribution is 4.84. The Labute approximate surface area is 95.4 Å². The van der Waals surface area contributed by atoms with Crippen molar-refractivity contribution < 1.29 is 0 Å². The van der Waals surface area contributed by atoms with E-state index in [2.05, 4.69) is 31.1 Å². The number of hydrogen-bond acceptors (Lipinski definition) is 2. The molecule has 0 aromatic heterocycles. The van der Waals surface area contributed by atoms with Crippen LogP contribution >= 0.6 is 0 Å². The molecular weight excluding hydrogens is 184 g/mol. The molecule has 1 aliphatic carbocycles. The zero-order chi connectivity index (χ0) is 11.1. The minimum atomic E-state index is 0.722. The van der Waals surface area contributed by atoms with Crippen molar-refractivity contribution in [2.24, 2.45) is 0 Å². The summed E-state index contributed by atoms with van der Waals surface area (Å²) in [6, 6.07) is 1.48. The Morgan fingerprint density at radius 3 is 2.33 bits per heavy atom. The molecular formula is C13H28N2. The molecule has 0 aliphatic heterocycles. The van der Waals surface area contributed by atoms with E-state index in [-0.39, 0.29) is 0 Å². The fourth-order valence-corrected chi connectivity index (χ4v) is 2.73. The first-order valence-electron chi connectivity index (χ1n) is 6.73. The van der Waals surface area contributed by atoms with Gasteiger partial charge in [-0.15, -0.1) is 0 Å². The van der Waals surface area contributed by atoms with Gasteiger partial charge in [-0.05, 0) is 33.0 Å². The van der Waals surface area contributed by atoms with Gasteiger partial charge in [-0.25, -0.2) is 0 Å². The molecule has 0 amide bonds. The van der Waals surface area contributed by atoms with Crippen LogP contribution in [0.4, 0.5) is 0 Å². The van der Waals surface area contributed by atoms with Crippen molar-refractivity contribution in [3.63, 3.8) is 0 Å². The standard InChI is InChI=1S/C13H28N2/c1-4-14-12-10-8-6-7-9-11-13(12)15(3)5-2/h12-14H,4-11H2,1-3H3. The van der Waals surface area contributed by atoms with E-state index in [4.69, 9.17) is 0 Å². The van der Waals surface area contributed by atoms with Crippen molar-refractivity contribution in [2.45, 2.75) is 64.5 Å². The molecule has 0 radical (unpaired) electrons. The molecule has 1 saturated carbocycles. The summed E-state index contributed by atoms with van der Waals surface area (Å²) < 4.78 is 0. The van der Waals surface area contributed by atoms with Crippen molar-refractivity contribution in [1.82, 2.24) is 10.2 Å². The van der Waals surface area contributed by atoms with Gasteiger partial charge in [0.15, 0.2) is 0 Å². The smallest absolute Gasteiger partial charge is 0.0246 e. The number of hydrogen-bond donors (Lipinski definition) is 1. The number of nitrogens with zero attached hydrogens (tertiary/aromatic N) is 1. The van der Waals surface area contributed by atoms with Crippen LogP contribution < -0.4 is 5.32 Å². The minimum Gasteiger partial charge on any atom is -0.313 e. The second-order valence-electron chi connectivity index (χ2n) is 4.80. The molecule has 0 aromatic rings. The second-order valence-corrected chi connectivity index (χ2v) is 4.80. The minimum absolute atomic E-state index is 0.722. The summed E-state index contributed by atoms with van der Waals surface area (Å²) in [5.41, 5.74) is 0. The number of nitrogens with one attached hydrogen (secondary N) is 1. The molecule has 1 N–H and O–H groups in total. The Kier molecular flexibility index (Phi) is 6.26. The highest BCUT2D eigenvalue weighted by Crippen LogP contribution is 2.21. The lowest BCUT2D eigenvalue weighted by Gasteiger charge is -2.36. The highest BCUT2D eigenvalue weighted by atomic mass is 15.2. The lowest BCUT2D eigenvalue weighted by atomic mass is 9.91. The number of likely N-dealkylation sites (N-methyl/N-ethyl adjacent to an activating group) is 2. The molecule has 1 rings (SSSR count). The van der Waals surface area contributed by atoms with Crippen LogP contribution in [0.3, 0.4) is 0 Å². The molecule has 90 valence electrons. The fraction of sp³-hybridized carbons (Fsp3) is 1.00. The normalized spacial score (nSPS) is 28.8. The second kappa shape index (κ2) is 7.24. The summed E-state index contributed by atoms with van der Waals surface area (Å²) in [7, 11) is 2.27. The Morgan fingerprint density at radius 1 is 1.07 bits per heavy atom. The monoisotopic (exact) mass is 212 g/mol. The maximum atomic E-state index is 3.68. The van der Waals surface area contributed by atoms with E-state index < -0.39 is 0 Å². The van der Waals surface area contributed by atoms with Crippen LogP contribution in [-0.2, 0) is 0 Å². The Balaban J connectivity index is 2.55. The van der Waals surface area contributed by atoms with Crippen LogP contribution in [0.25, 0.3) is 0 Å². The van der Waals surface area contributed by atoms with Gasteiger partial charge in [0.1, 0.15) is 0 Å². The fourth-order valence-electron chi connectivity index (χ4n) is 2.73. The van der Waals surface area contributed by atoms with Crippen LogP contribution in [-0.4, -0.2) is 37.1 Å². The molecule has 1 fully saturated rings. The molecule has 0 spiro atoms. The zero-order valence-electron chi connectivity index (χ0n) is 10.8.